The number of aromatic nitrogens is 2. The molecule has 0 radical (unpaired) electrons. The Bertz CT molecular complexity index is 639. The number of aryl methyl sites for hydroxylation is 1. The van der Waals surface area contributed by atoms with Crippen molar-refractivity contribution in [1.82, 2.24) is 15.1 Å². The van der Waals surface area contributed by atoms with Crippen LogP contribution in [0.25, 0.3) is 0 Å². The van der Waals surface area contributed by atoms with Crippen molar-refractivity contribution in [2.45, 2.75) is 6.54 Å². The zero-order chi connectivity index (χ0) is 14.7. The van der Waals surface area contributed by atoms with Crippen LogP contribution in [0, 0.1) is 0 Å². The third kappa shape index (κ3) is 2.93. The van der Waals surface area contributed by atoms with Crippen LogP contribution in [0.5, 0.6) is 5.75 Å². The molecule has 1 aromatic carbocycles. The Morgan fingerprint density at radius 1 is 1.55 bits per heavy atom. The van der Waals surface area contributed by atoms with Gasteiger partial charge in [0.25, 0.3) is 5.91 Å². The number of benzene rings is 1. The number of nitrogens with two attached hydrogens (primary N) is 1. The molecule has 106 valence electrons. The van der Waals surface area contributed by atoms with Crippen molar-refractivity contribution in [2.24, 2.45) is 7.05 Å². The van der Waals surface area contributed by atoms with Crippen LogP contribution < -0.4 is 15.8 Å². The maximum atomic E-state index is 12.2. The molecular weight excluding hydrogens is 324 g/mol. The standard InChI is InChI=1S/C13H15BrN4O2/c1-18-12(15)8(7-17-18)6-16-13(19)10-5-9(20-2)3-4-11(10)14/h3-5,7H,6,15H2,1-2H3,(H,16,19). The summed E-state index contributed by atoms with van der Waals surface area (Å²) in [5.74, 6) is 0.952. The molecule has 1 aromatic heterocycles. The summed E-state index contributed by atoms with van der Waals surface area (Å²) in [5.41, 5.74) is 7.11. The van der Waals surface area contributed by atoms with Crippen LogP contribution >= 0.6 is 15.9 Å². The molecule has 0 aliphatic rings. The SMILES string of the molecule is COc1ccc(Br)c(C(=O)NCc2cnn(C)c2N)c1. The molecule has 0 spiro atoms. The molecule has 0 saturated carbocycles. The van der Waals surface area contributed by atoms with E-state index in [4.69, 9.17) is 10.5 Å². The lowest BCUT2D eigenvalue weighted by Gasteiger charge is -2.08. The number of amides is 1. The summed E-state index contributed by atoms with van der Waals surface area (Å²) in [7, 11) is 3.31. The molecule has 2 aromatic rings. The molecule has 1 heterocycles. The minimum absolute atomic E-state index is 0.209. The minimum Gasteiger partial charge on any atom is -0.497 e. The number of hydrogen-bond donors (Lipinski definition) is 2. The van der Waals surface area contributed by atoms with Crippen LogP contribution in [-0.4, -0.2) is 22.8 Å². The van der Waals surface area contributed by atoms with E-state index in [2.05, 4.69) is 26.3 Å². The molecule has 3 N–H and O–H groups in total. The number of halogens is 1. The molecule has 0 bridgehead atoms. The van der Waals surface area contributed by atoms with Crippen LogP contribution in [0.1, 0.15) is 15.9 Å². The summed E-state index contributed by atoms with van der Waals surface area (Å²) in [6.45, 7) is 0.322. The lowest BCUT2D eigenvalue weighted by molar-refractivity contribution is 0.0950. The first kappa shape index (κ1) is 14.4. The molecular formula is C13H15BrN4O2. The molecule has 0 atom stereocenters. The molecule has 20 heavy (non-hydrogen) atoms. The zero-order valence-electron chi connectivity index (χ0n) is 11.2. The van der Waals surface area contributed by atoms with Gasteiger partial charge in [-0.15, -0.1) is 0 Å². The number of carbonyl (C=O) groups is 1. The van der Waals surface area contributed by atoms with Gasteiger partial charge in [-0.2, -0.15) is 5.10 Å². The molecule has 0 saturated heterocycles. The molecule has 0 unspecified atom stereocenters. The molecule has 0 fully saturated rings. The average molecular weight is 339 g/mol. The van der Waals surface area contributed by atoms with Crippen molar-refractivity contribution >= 4 is 27.7 Å². The fourth-order valence-electron chi connectivity index (χ4n) is 1.70. The van der Waals surface area contributed by atoms with Gasteiger partial charge in [-0.05, 0) is 34.1 Å². The van der Waals surface area contributed by atoms with E-state index >= 15 is 0 Å². The summed E-state index contributed by atoms with van der Waals surface area (Å²) in [5, 5.41) is 6.83. The molecule has 6 nitrogen and oxygen atoms in total. The topological polar surface area (TPSA) is 82.2 Å². The Morgan fingerprint density at radius 2 is 2.30 bits per heavy atom. The van der Waals surface area contributed by atoms with Crippen LogP contribution in [-0.2, 0) is 13.6 Å². The Balaban J connectivity index is 2.10. The highest BCUT2D eigenvalue weighted by Crippen LogP contribution is 2.22. The summed E-state index contributed by atoms with van der Waals surface area (Å²) < 4.78 is 7.37. The van der Waals surface area contributed by atoms with Crippen molar-refractivity contribution in [2.75, 3.05) is 12.8 Å². The third-order valence-electron chi connectivity index (χ3n) is 2.92. The van der Waals surface area contributed by atoms with E-state index in [1.807, 2.05) is 0 Å². The molecule has 0 aliphatic heterocycles. The van der Waals surface area contributed by atoms with Gasteiger partial charge in [0.05, 0.1) is 18.9 Å². The van der Waals surface area contributed by atoms with Crippen LogP contribution in [0.2, 0.25) is 0 Å². The van der Waals surface area contributed by atoms with Crippen LogP contribution in [0.4, 0.5) is 5.82 Å². The second kappa shape index (κ2) is 5.96. The molecule has 1 amide bonds. The monoisotopic (exact) mass is 338 g/mol. The van der Waals surface area contributed by atoms with Crippen molar-refractivity contribution in [3.8, 4) is 5.75 Å². The van der Waals surface area contributed by atoms with Crippen molar-refractivity contribution in [1.29, 1.82) is 0 Å². The van der Waals surface area contributed by atoms with E-state index in [0.717, 1.165) is 5.56 Å². The first-order chi connectivity index (χ1) is 9.52. The first-order valence-electron chi connectivity index (χ1n) is 5.91. The third-order valence-corrected chi connectivity index (χ3v) is 3.61. The maximum absolute atomic E-state index is 12.2. The van der Waals surface area contributed by atoms with Crippen LogP contribution in [0.15, 0.2) is 28.9 Å². The number of hydrogen-bond acceptors (Lipinski definition) is 4. The summed E-state index contributed by atoms with van der Waals surface area (Å²) in [6.07, 6.45) is 1.64. The minimum atomic E-state index is -0.209. The summed E-state index contributed by atoms with van der Waals surface area (Å²) >= 11 is 3.35. The molecule has 7 heteroatoms. The highest BCUT2D eigenvalue weighted by molar-refractivity contribution is 9.10. The van der Waals surface area contributed by atoms with Gasteiger partial charge < -0.3 is 15.8 Å². The average Bonchev–Trinajstić information content (AvgIpc) is 2.77. The second-order valence-electron chi connectivity index (χ2n) is 4.21. The van der Waals surface area contributed by atoms with Crippen LogP contribution in [0.3, 0.4) is 0 Å². The van der Waals surface area contributed by atoms with E-state index < -0.39 is 0 Å². The van der Waals surface area contributed by atoms with Gasteiger partial charge in [-0.25, -0.2) is 0 Å². The van der Waals surface area contributed by atoms with E-state index in [1.165, 1.54) is 0 Å². The normalized spacial score (nSPS) is 10.3. The summed E-state index contributed by atoms with van der Waals surface area (Å²) in [4.78, 5) is 12.2. The lowest BCUT2D eigenvalue weighted by atomic mass is 10.2. The Labute approximate surface area is 125 Å². The molecule has 2 rings (SSSR count). The van der Waals surface area contributed by atoms with Gasteiger partial charge in [0, 0.05) is 23.6 Å². The van der Waals surface area contributed by atoms with E-state index in [9.17, 15) is 4.79 Å². The fourth-order valence-corrected chi connectivity index (χ4v) is 2.13. The zero-order valence-corrected chi connectivity index (χ0v) is 12.8. The number of nitrogens with zero attached hydrogens (tertiary/aromatic N) is 2. The second-order valence-corrected chi connectivity index (χ2v) is 5.06. The first-order valence-corrected chi connectivity index (χ1v) is 6.70. The lowest BCUT2D eigenvalue weighted by Crippen LogP contribution is -2.23. The van der Waals surface area contributed by atoms with Gasteiger partial charge >= 0.3 is 0 Å². The predicted octanol–water partition coefficient (Wildman–Crippen LogP) is 1.70. The van der Waals surface area contributed by atoms with Crippen molar-refractivity contribution < 1.29 is 9.53 Å². The van der Waals surface area contributed by atoms with Gasteiger partial charge in [0.2, 0.25) is 0 Å². The fraction of sp³-hybridized carbons (Fsp3) is 0.231. The van der Waals surface area contributed by atoms with Gasteiger partial charge in [0.15, 0.2) is 0 Å². The number of rotatable bonds is 4. The van der Waals surface area contributed by atoms with Crippen molar-refractivity contribution in [3.63, 3.8) is 0 Å². The predicted molar refractivity (Wildman–Crippen MR) is 79.5 cm³/mol. The number of anilines is 1. The number of nitrogens with one attached hydrogen (secondary N) is 1. The Hall–Kier alpha value is -2.02. The van der Waals surface area contributed by atoms with E-state index in [0.29, 0.717) is 28.1 Å². The van der Waals surface area contributed by atoms with Crippen molar-refractivity contribution in [3.05, 3.63) is 40.0 Å². The maximum Gasteiger partial charge on any atom is 0.252 e. The number of methoxy groups -OCH3 is 1. The highest BCUT2D eigenvalue weighted by Gasteiger charge is 2.12. The molecule has 0 aliphatic carbocycles. The van der Waals surface area contributed by atoms with Gasteiger partial charge in [0.1, 0.15) is 11.6 Å². The largest absolute Gasteiger partial charge is 0.497 e. The quantitative estimate of drug-likeness (QED) is 0.888. The number of ether oxygens (including phenoxy) is 1. The Kier molecular flexibility index (Phi) is 4.29. The summed E-state index contributed by atoms with van der Waals surface area (Å²) in [6, 6.07) is 5.22. The van der Waals surface area contributed by atoms with Gasteiger partial charge in [-0.1, -0.05) is 0 Å². The van der Waals surface area contributed by atoms with E-state index in [-0.39, 0.29) is 5.91 Å². The Morgan fingerprint density at radius 3 is 2.90 bits per heavy atom. The smallest absolute Gasteiger partial charge is 0.252 e. The van der Waals surface area contributed by atoms with E-state index in [1.54, 1.807) is 43.2 Å². The number of nitrogen functional groups attached to an aromatic ring is 1. The highest BCUT2D eigenvalue weighted by atomic mass is 79.9. The number of carbonyl (C=O) groups excluding carboxylic acids is 1. The van der Waals surface area contributed by atoms with Gasteiger partial charge in [-0.3, -0.25) is 9.48 Å².